The molecule has 5 aromatic carbocycles. The highest BCUT2D eigenvalue weighted by Gasteiger charge is 2.41. The number of ether oxygens (including phenoxy) is 1. The Morgan fingerprint density at radius 3 is 1.88 bits per heavy atom. The van der Waals surface area contributed by atoms with Gasteiger partial charge in [0.25, 0.3) is 46.4 Å². The average molecular weight is 1000 g/mol. The maximum absolute atomic E-state index is 13.3. The highest BCUT2D eigenvalue weighted by atomic mass is 32.2. The fourth-order valence-corrected chi connectivity index (χ4v) is 8.70. The number of azo groups is 3. The summed E-state index contributed by atoms with van der Waals surface area (Å²) in [6, 6.07) is 9.74. The number of hydrogen-bond donors (Lipinski definition) is 7. The van der Waals surface area contributed by atoms with Crippen LogP contribution in [0.5, 0.6) is 11.5 Å². The largest absolute Gasteiger partial charge is 0.505 e. The van der Waals surface area contributed by atoms with Crippen molar-refractivity contribution < 1.29 is 81.2 Å². The quantitative estimate of drug-likeness (QED) is 0.0527. The Morgan fingerprint density at radius 1 is 0.701 bits per heavy atom. The standard InChI is InChI=1S/C36H29N9O18S4/c1-16-12-26(27(63-3)15-25(16)40-38-23-10-4-18(37-17(2)46)13-28(23)65(54,55)56)41-42-30-29(66(57,58)59)14-22-21(33(30)47)9-11-24(34(22)67(60,61)62)39-43-31-32(36(49)50)44-45(35(31)48)19-5-7-20(8-6-19)64(51,52)53/h4-15,31,47H,1-3H3,(H,37,46)(H,49,50)(H,51,52,53)(H,54,55,56)(H,57,58,59)(H,60,61,62)/b40-38+,42-41+,43-39+. The van der Waals surface area contributed by atoms with E-state index in [2.05, 4.69) is 41.1 Å². The predicted molar refractivity (Wildman–Crippen MR) is 229 cm³/mol. The molecular formula is C36H29N9O18S4. The molecule has 0 bridgehead atoms. The fraction of sp³-hybridized carbons (Fsp3) is 0.111. The SMILES string of the molecule is COc1cc(/N=N/c2ccc(NC(C)=O)cc2S(=O)(=O)O)c(C)cc1/N=N/c1c(S(=O)(=O)O)cc2c(S(=O)(=O)O)c(/N=N/C3C(=O)N(c4ccc(S(=O)(=O)O)cc4)N=C3C(=O)O)ccc2c1O. The molecule has 0 saturated carbocycles. The molecule has 0 aliphatic carbocycles. The van der Waals surface area contributed by atoms with Crippen LogP contribution in [0.2, 0.25) is 0 Å². The number of aryl methyl sites for hydroxylation is 1. The van der Waals surface area contributed by atoms with Crippen molar-refractivity contribution in [2.75, 3.05) is 17.4 Å². The number of methoxy groups -OCH3 is 1. The predicted octanol–water partition coefficient (Wildman–Crippen LogP) is 5.58. The number of aliphatic carboxylic acids is 1. The number of aromatic hydroxyl groups is 1. The topological polar surface area (TPSA) is 420 Å². The Kier molecular flexibility index (Phi) is 13.2. The lowest BCUT2D eigenvalue weighted by atomic mass is 10.1. The summed E-state index contributed by atoms with van der Waals surface area (Å²) < 4.78 is 143. The molecule has 350 valence electrons. The second-order valence-electron chi connectivity index (χ2n) is 13.6. The Bertz CT molecular complexity index is 3550. The van der Waals surface area contributed by atoms with Gasteiger partial charge >= 0.3 is 5.97 Å². The van der Waals surface area contributed by atoms with Crippen molar-refractivity contribution in [3.8, 4) is 11.5 Å². The molecule has 0 spiro atoms. The van der Waals surface area contributed by atoms with Crippen molar-refractivity contribution in [1.29, 1.82) is 0 Å². The van der Waals surface area contributed by atoms with Gasteiger partial charge in [-0.3, -0.25) is 27.8 Å². The van der Waals surface area contributed by atoms with E-state index in [-0.39, 0.29) is 39.7 Å². The molecule has 31 heteroatoms. The molecule has 6 rings (SSSR count). The van der Waals surface area contributed by atoms with E-state index in [9.17, 15) is 76.5 Å². The molecule has 1 heterocycles. The summed E-state index contributed by atoms with van der Waals surface area (Å²) in [4.78, 5) is 33.0. The second kappa shape index (κ2) is 18.0. The zero-order valence-electron chi connectivity index (χ0n) is 33.8. The molecule has 5 aromatic rings. The van der Waals surface area contributed by atoms with Gasteiger partial charge in [-0.15, -0.1) is 15.3 Å². The van der Waals surface area contributed by atoms with E-state index < -0.39 is 117 Å². The smallest absolute Gasteiger partial charge is 0.355 e. The maximum Gasteiger partial charge on any atom is 0.355 e. The van der Waals surface area contributed by atoms with Gasteiger partial charge in [0.2, 0.25) is 11.9 Å². The number of fused-ring (bicyclic) bond motifs is 1. The van der Waals surface area contributed by atoms with Crippen molar-refractivity contribution >= 4 is 115 Å². The average Bonchev–Trinajstić information content (AvgIpc) is 3.56. The highest BCUT2D eigenvalue weighted by Crippen LogP contribution is 2.46. The van der Waals surface area contributed by atoms with Gasteiger partial charge in [-0.1, -0.05) is 0 Å². The van der Waals surface area contributed by atoms with Crippen LogP contribution in [0, 0.1) is 6.92 Å². The van der Waals surface area contributed by atoms with E-state index >= 15 is 0 Å². The van der Waals surface area contributed by atoms with Crippen LogP contribution in [0.4, 0.5) is 39.8 Å². The summed E-state index contributed by atoms with van der Waals surface area (Å²) in [6.07, 6.45) is 0. The van der Waals surface area contributed by atoms with Crippen LogP contribution in [-0.2, 0) is 54.9 Å². The Balaban J connectivity index is 1.39. The van der Waals surface area contributed by atoms with Gasteiger partial charge in [-0.25, -0.2) is 4.79 Å². The minimum Gasteiger partial charge on any atom is -0.505 e. The molecule has 1 aliphatic rings. The van der Waals surface area contributed by atoms with E-state index in [1.165, 1.54) is 39.2 Å². The molecule has 0 radical (unpaired) electrons. The van der Waals surface area contributed by atoms with Crippen molar-refractivity contribution in [3.63, 3.8) is 0 Å². The number of hydrazone groups is 1. The Labute approximate surface area is 376 Å². The fourth-order valence-electron chi connectivity index (χ4n) is 6.10. The third-order valence-corrected chi connectivity index (χ3v) is 12.6. The lowest BCUT2D eigenvalue weighted by Crippen LogP contribution is -2.33. The number of rotatable bonds is 14. The van der Waals surface area contributed by atoms with Gasteiger partial charge < -0.3 is 20.3 Å². The van der Waals surface area contributed by atoms with E-state index in [4.69, 9.17) is 4.74 Å². The zero-order chi connectivity index (χ0) is 49.6. The third kappa shape index (κ3) is 10.5. The second-order valence-corrected chi connectivity index (χ2v) is 19.2. The number of carbonyl (C=O) groups is 3. The van der Waals surface area contributed by atoms with Gasteiger partial charge in [0, 0.05) is 29.4 Å². The summed E-state index contributed by atoms with van der Waals surface area (Å²) in [5.74, 6) is -4.80. The maximum atomic E-state index is 13.3. The van der Waals surface area contributed by atoms with Gasteiger partial charge in [0.15, 0.2) is 11.5 Å². The van der Waals surface area contributed by atoms with Crippen molar-refractivity contribution in [1.82, 2.24) is 0 Å². The molecule has 27 nitrogen and oxygen atoms in total. The number of carbonyl (C=O) groups excluding carboxylic acids is 2. The van der Waals surface area contributed by atoms with Crippen molar-refractivity contribution in [3.05, 3.63) is 78.4 Å². The van der Waals surface area contributed by atoms with Crippen LogP contribution in [0.3, 0.4) is 0 Å². The first-order valence-electron chi connectivity index (χ1n) is 17.9. The molecule has 7 N–H and O–H groups in total. The summed E-state index contributed by atoms with van der Waals surface area (Å²) >= 11 is 0. The van der Waals surface area contributed by atoms with Crippen LogP contribution in [0.15, 0.2) is 128 Å². The van der Waals surface area contributed by atoms with Crippen molar-refractivity contribution in [2.24, 2.45) is 35.8 Å². The molecule has 1 atom stereocenters. The monoisotopic (exact) mass is 1000 g/mol. The molecule has 1 aliphatic heterocycles. The summed E-state index contributed by atoms with van der Waals surface area (Å²) in [7, 11) is -19.3. The first-order chi connectivity index (χ1) is 31.1. The number of nitrogens with zero attached hydrogens (tertiary/aromatic N) is 8. The number of nitrogens with one attached hydrogen (secondary N) is 1. The Morgan fingerprint density at radius 2 is 1.31 bits per heavy atom. The third-order valence-electron chi connectivity index (χ3n) is 9.07. The number of carboxylic acid groups (broad SMARTS) is 1. The Hall–Kier alpha value is -7.52. The number of benzene rings is 5. The number of hydrogen-bond acceptors (Lipinski definition) is 20. The molecule has 1 unspecified atom stereocenters. The van der Waals surface area contributed by atoms with Crippen LogP contribution in [0.1, 0.15) is 12.5 Å². The first-order valence-corrected chi connectivity index (χ1v) is 23.7. The highest BCUT2D eigenvalue weighted by molar-refractivity contribution is 7.87. The number of carboxylic acids is 1. The van der Waals surface area contributed by atoms with Crippen LogP contribution in [-0.4, -0.2) is 98.7 Å². The van der Waals surface area contributed by atoms with E-state index in [0.717, 1.165) is 48.5 Å². The molecule has 2 amide bonds. The lowest BCUT2D eigenvalue weighted by molar-refractivity contribution is -0.130. The number of phenolic OH excluding ortho intramolecular Hbond substituents is 1. The van der Waals surface area contributed by atoms with Crippen LogP contribution >= 0.6 is 0 Å². The number of phenols is 1. The van der Waals surface area contributed by atoms with E-state index in [0.29, 0.717) is 11.1 Å². The normalized spacial score (nSPS) is 15.0. The molecule has 67 heavy (non-hydrogen) atoms. The van der Waals surface area contributed by atoms with Gasteiger partial charge in [0.1, 0.15) is 43.2 Å². The van der Waals surface area contributed by atoms with E-state index in [1.54, 1.807) is 0 Å². The van der Waals surface area contributed by atoms with Gasteiger partial charge in [0.05, 0.1) is 23.4 Å². The number of amides is 2. The van der Waals surface area contributed by atoms with Crippen LogP contribution in [0.25, 0.3) is 10.8 Å². The summed E-state index contributed by atoms with van der Waals surface area (Å²) in [5.41, 5.74) is -3.18. The van der Waals surface area contributed by atoms with Gasteiger partial charge in [-0.05, 0) is 79.2 Å². The lowest BCUT2D eigenvalue weighted by Gasteiger charge is -2.13. The van der Waals surface area contributed by atoms with Gasteiger partial charge in [-0.2, -0.15) is 59.1 Å². The molecule has 0 saturated heterocycles. The van der Waals surface area contributed by atoms with Crippen molar-refractivity contribution in [2.45, 2.75) is 39.5 Å². The molecular weight excluding hydrogens is 975 g/mol. The number of anilines is 2. The molecule has 0 aromatic heterocycles. The first kappa shape index (κ1) is 48.9. The molecule has 0 fully saturated rings. The zero-order valence-corrected chi connectivity index (χ0v) is 37.1. The minimum absolute atomic E-state index is 0.0293. The van der Waals surface area contributed by atoms with E-state index in [1.807, 2.05) is 0 Å². The summed E-state index contributed by atoms with van der Waals surface area (Å²) in [5, 5.41) is 49.2. The minimum atomic E-state index is -5.52. The van der Waals surface area contributed by atoms with Crippen LogP contribution < -0.4 is 15.1 Å². The summed E-state index contributed by atoms with van der Waals surface area (Å²) in [6.45, 7) is 2.65.